The second-order valence-electron chi connectivity index (χ2n) is 9.68. The maximum atomic E-state index is 11.0. The van der Waals surface area contributed by atoms with Gasteiger partial charge in [0.2, 0.25) is 0 Å². The zero-order valence-corrected chi connectivity index (χ0v) is 18.3. The lowest BCUT2D eigenvalue weighted by molar-refractivity contribution is -0.757. The molecule has 1 aliphatic carbocycles. The highest BCUT2D eigenvalue weighted by atomic mass is 16.9. The van der Waals surface area contributed by atoms with Crippen molar-refractivity contribution in [1.29, 1.82) is 0 Å². The Labute approximate surface area is 177 Å². The SMILES string of the molecule is CC(C)(CCCCO[N+](=O)[O-])c1cc(O)c2c(c1)OC(C)(C)[C@@H]1CC=C(CO)C[C@@H]21. The van der Waals surface area contributed by atoms with Gasteiger partial charge in [0.05, 0.1) is 13.2 Å². The summed E-state index contributed by atoms with van der Waals surface area (Å²) in [5.41, 5.74) is 2.24. The Hall–Kier alpha value is -2.28. The Kier molecular flexibility index (Phi) is 6.32. The fraction of sp³-hybridized carbons (Fsp3) is 0.652. The fourth-order valence-corrected chi connectivity index (χ4v) is 4.94. The molecular formula is C23H33NO6. The minimum Gasteiger partial charge on any atom is -0.508 e. The summed E-state index contributed by atoms with van der Waals surface area (Å²) in [4.78, 5) is 14.7. The topological polar surface area (TPSA) is 102 Å². The van der Waals surface area contributed by atoms with E-state index in [-0.39, 0.29) is 41.8 Å². The van der Waals surface area contributed by atoms with Gasteiger partial charge in [0, 0.05) is 17.4 Å². The molecule has 0 bridgehead atoms. The molecular weight excluding hydrogens is 386 g/mol. The molecule has 2 N–H and O–H groups in total. The van der Waals surface area contributed by atoms with Crippen LogP contribution in [0, 0.1) is 16.0 Å². The largest absolute Gasteiger partial charge is 0.508 e. The van der Waals surface area contributed by atoms with Crippen LogP contribution >= 0.6 is 0 Å². The molecule has 1 aliphatic heterocycles. The summed E-state index contributed by atoms with van der Waals surface area (Å²) in [6, 6.07) is 3.87. The van der Waals surface area contributed by atoms with Gasteiger partial charge in [0.1, 0.15) is 17.1 Å². The summed E-state index contributed by atoms with van der Waals surface area (Å²) >= 11 is 0. The number of phenolic OH excluding ortho intramolecular Hbond substituents is 1. The number of aliphatic hydroxyl groups is 1. The van der Waals surface area contributed by atoms with E-state index in [1.54, 1.807) is 0 Å². The Balaban J connectivity index is 1.83. The van der Waals surface area contributed by atoms with E-state index >= 15 is 0 Å². The van der Waals surface area contributed by atoms with E-state index in [9.17, 15) is 20.3 Å². The number of hydrogen-bond acceptors (Lipinski definition) is 6. The summed E-state index contributed by atoms with van der Waals surface area (Å²) in [5.74, 6) is 1.33. The third kappa shape index (κ3) is 4.56. The fourth-order valence-electron chi connectivity index (χ4n) is 4.94. The van der Waals surface area contributed by atoms with E-state index in [2.05, 4.69) is 38.6 Å². The van der Waals surface area contributed by atoms with E-state index < -0.39 is 5.09 Å². The minimum absolute atomic E-state index is 0.0475. The monoisotopic (exact) mass is 419 g/mol. The lowest BCUT2D eigenvalue weighted by Crippen LogP contribution is -2.45. The highest BCUT2D eigenvalue weighted by molar-refractivity contribution is 5.54. The van der Waals surface area contributed by atoms with Crippen molar-refractivity contribution in [2.75, 3.05) is 13.2 Å². The Morgan fingerprint density at radius 1 is 1.33 bits per heavy atom. The third-order valence-electron chi connectivity index (χ3n) is 6.76. The van der Waals surface area contributed by atoms with Crippen molar-refractivity contribution in [2.24, 2.45) is 5.92 Å². The summed E-state index contributed by atoms with van der Waals surface area (Å²) < 4.78 is 6.40. The first kappa shape index (κ1) is 22.4. The van der Waals surface area contributed by atoms with E-state index in [1.165, 1.54) is 0 Å². The summed E-state index contributed by atoms with van der Waals surface area (Å²) in [6.45, 7) is 8.54. The lowest BCUT2D eigenvalue weighted by Gasteiger charge is -2.47. The van der Waals surface area contributed by atoms with Gasteiger partial charge in [-0.1, -0.05) is 26.3 Å². The summed E-state index contributed by atoms with van der Waals surface area (Å²) in [7, 11) is 0. The first-order valence-corrected chi connectivity index (χ1v) is 10.7. The molecule has 0 radical (unpaired) electrons. The Morgan fingerprint density at radius 3 is 2.73 bits per heavy atom. The van der Waals surface area contributed by atoms with Crippen molar-refractivity contribution in [3.05, 3.63) is 45.0 Å². The molecule has 7 nitrogen and oxygen atoms in total. The van der Waals surface area contributed by atoms with Gasteiger partial charge in [0.25, 0.3) is 5.09 Å². The molecule has 2 atom stereocenters. The summed E-state index contributed by atoms with van der Waals surface area (Å²) in [6.07, 6.45) is 5.85. The number of aliphatic hydroxyl groups excluding tert-OH is 1. The van der Waals surface area contributed by atoms with Gasteiger partial charge in [0.15, 0.2) is 0 Å². The van der Waals surface area contributed by atoms with E-state index in [4.69, 9.17) is 4.74 Å². The number of hydrogen-bond donors (Lipinski definition) is 2. The molecule has 1 aromatic rings. The molecule has 3 rings (SSSR count). The van der Waals surface area contributed by atoms with Crippen LogP contribution in [0.5, 0.6) is 11.5 Å². The number of nitrogens with zero attached hydrogens (tertiary/aromatic N) is 1. The van der Waals surface area contributed by atoms with Gasteiger partial charge in [-0.15, -0.1) is 10.1 Å². The minimum atomic E-state index is -0.762. The molecule has 1 heterocycles. The van der Waals surface area contributed by atoms with E-state index in [1.807, 2.05) is 12.1 Å². The molecule has 7 heteroatoms. The molecule has 0 saturated carbocycles. The van der Waals surface area contributed by atoms with Crippen molar-refractivity contribution in [1.82, 2.24) is 0 Å². The molecule has 1 aromatic carbocycles. The highest BCUT2D eigenvalue weighted by Gasteiger charge is 2.46. The molecule has 0 fully saturated rings. The highest BCUT2D eigenvalue weighted by Crippen LogP contribution is 2.54. The van der Waals surface area contributed by atoms with Gasteiger partial charge >= 0.3 is 0 Å². The molecule has 2 aliphatic rings. The Morgan fingerprint density at radius 2 is 2.07 bits per heavy atom. The zero-order chi connectivity index (χ0) is 22.1. The molecule has 166 valence electrons. The Bertz CT molecular complexity index is 829. The number of aromatic hydroxyl groups is 1. The average molecular weight is 420 g/mol. The van der Waals surface area contributed by atoms with Gasteiger partial charge in [-0.3, -0.25) is 0 Å². The van der Waals surface area contributed by atoms with Gasteiger partial charge < -0.3 is 19.8 Å². The molecule has 0 saturated heterocycles. The van der Waals surface area contributed by atoms with Crippen LogP contribution in [0.1, 0.15) is 76.8 Å². The molecule has 0 aromatic heterocycles. The number of ether oxygens (including phenoxy) is 1. The summed E-state index contributed by atoms with van der Waals surface area (Å²) in [5, 5.41) is 30.1. The predicted octanol–water partition coefficient (Wildman–Crippen LogP) is 4.63. The first-order valence-electron chi connectivity index (χ1n) is 10.7. The third-order valence-corrected chi connectivity index (χ3v) is 6.76. The predicted molar refractivity (Wildman–Crippen MR) is 113 cm³/mol. The smallest absolute Gasteiger partial charge is 0.294 e. The first-order chi connectivity index (χ1) is 14.0. The number of unbranched alkanes of at least 4 members (excludes halogenated alkanes) is 1. The van der Waals surface area contributed by atoms with Gasteiger partial charge in [-0.05, 0) is 68.2 Å². The van der Waals surface area contributed by atoms with Crippen molar-refractivity contribution >= 4 is 0 Å². The van der Waals surface area contributed by atoms with E-state index in [0.29, 0.717) is 6.42 Å². The van der Waals surface area contributed by atoms with Crippen LogP contribution in [0.2, 0.25) is 0 Å². The molecule has 0 unspecified atom stereocenters. The quantitative estimate of drug-likeness (QED) is 0.276. The standard InChI is InChI=1S/C23H33NO6/c1-22(2,9-5-6-10-29-24(27)28)16-12-19(26)21-17-11-15(14-25)7-8-18(17)23(3,4)30-20(21)13-16/h7,12-13,17-18,25-26H,5-6,8-11,14H2,1-4H3/t17-,18-/m1/s1. The van der Waals surface area contributed by atoms with Crippen molar-refractivity contribution in [2.45, 2.75) is 76.7 Å². The van der Waals surface area contributed by atoms with Crippen LogP contribution in [-0.2, 0) is 10.3 Å². The molecule has 0 spiro atoms. The van der Waals surface area contributed by atoms with Crippen molar-refractivity contribution in [3.8, 4) is 11.5 Å². The van der Waals surface area contributed by atoms with Gasteiger partial charge in [-0.25, -0.2) is 0 Å². The second-order valence-corrected chi connectivity index (χ2v) is 9.68. The average Bonchev–Trinajstić information content (AvgIpc) is 2.66. The normalized spacial score (nSPS) is 22.4. The van der Waals surface area contributed by atoms with Gasteiger partial charge in [-0.2, -0.15) is 0 Å². The number of phenols is 1. The van der Waals surface area contributed by atoms with Crippen LogP contribution < -0.4 is 4.74 Å². The van der Waals surface area contributed by atoms with Crippen LogP contribution in [-0.4, -0.2) is 34.1 Å². The van der Waals surface area contributed by atoms with Crippen molar-refractivity contribution in [3.63, 3.8) is 0 Å². The van der Waals surface area contributed by atoms with Crippen LogP contribution in [0.4, 0.5) is 0 Å². The number of fused-ring (bicyclic) bond motifs is 3. The van der Waals surface area contributed by atoms with Crippen LogP contribution in [0.25, 0.3) is 0 Å². The molecule has 0 amide bonds. The second kappa shape index (κ2) is 8.46. The van der Waals surface area contributed by atoms with Crippen molar-refractivity contribution < 1.29 is 24.9 Å². The molecule has 30 heavy (non-hydrogen) atoms. The lowest BCUT2D eigenvalue weighted by atomic mass is 9.66. The number of rotatable bonds is 8. The number of benzene rings is 1. The maximum absolute atomic E-state index is 11.0. The number of allylic oxidation sites excluding steroid dienone is 1. The van der Waals surface area contributed by atoms with Crippen LogP contribution in [0.3, 0.4) is 0 Å². The van der Waals surface area contributed by atoms with E-state index in [0.717, 1.165) is 48.1 Å². The zero-order valence-electron chi connectivity index (χ0n) is 18.3. The van der Waals surface area contributed by atoms with Crippen LogP contribution in [0.15, 0.2) is 23.8 Å². The maximum Gasteiger partial charge on any atom is 0.294 e.